The molecule has 4 unspecified atom stereocenters. The van der Waals surface area contributed by atoms with E-state index in [-0.39, 0.29) is 5.91 Å². The number of nitrogens with two attached hydrogens (primary N) is 1. The Morgan fingerprint density at radius 2 is 2.19 bits per heavy atom. The molecule has 0 bridgehead atoms. The Kier molecular flexibility index (Phi) is 3.34. The van der Waals surface area contributed by atoms with Crippen molar-refractivity contribution in [2.24, 2.45) is 23.5 Å². The van der Waals surface area contributed by atoms with E-state index in [2.05, 4.69) is 17.2 Å². The van der Waals surface area contributed by atoms with Gasteiger partial charge in [-0.25, -0.2) is 0 Å². The van der Waals surface area contributed by atoms with Crippen LogP contribution in [0.2, 0.25) is 0 Å². The number of thiophene rings is 1. The van der Waals surface area contributed by atoms with Gasteiger partial charge in [-0.05, 0) is 55.4 Å². The number of carbonyl (C=O) groups is 1. The van der Waals surface area contributed by atoms with E-state index in [9.17, 15) is 4.79 Å². The van der Waals surface area contributed by atoms with Crippen molar-refractivity contribution < 1.29 is 4.79 Å². The van der Waals surface area contributed by atoms with Crippen molar-refractivity contribution in [3.05, 3.63) is 21.4 Å². The lowest BCUT2D eigenvalue weighted by atomic mass is 9.88. The molecule has 1 amide bonds. The summed E-state index contributed by atoms with van der Waals surface area (Å²) in [6.07, 6.45) is 5.81. The minimum atomic E-state index is 0.267. The van der Waals surface area contributed by atoms with Gasteiger partial charge in [0.1, 0.15) is 0 Å². The fourth-order valence-corrected chi connectivity index (χ4v) is 5.74. The molecule has 4 rings (SSSR count). The summed E-state index contributed by atoms with van der Waals surface area (Å²) in [5, 5.41) is 2.11. The van der Waals surface area contributed by atoms with Gasteiger partial charge in [0.15, 0.2) is 0 Å². The molecule has 0 radical (unpaired) electrons. The molecule has 21 heavy (non-hydrogen) atoms. The summed E-state index contributed by atoms with van der Waals surface area (Å²) < 4.78 is 0. The molecule has 2 N–H and O–H groups in total. The van der Waals surface area contributed by atoms with E-state index >= 15 is 0 Å². The monoisotopic (exact) mass is 304 g/mol. The molecule has 1 saturated carbocycles. The van der Waals surface area contributed by atoms with Crippen LogP contribution in [0.15, 0.2) is 5.38 Å². The molecule has 2 fully saturated rings. The highest BCUT2D eigenvalue weighted by atomic mass is 32.1. The van der Waals surface area contributed by atoms with Gasteiger partial charge in [0.2, 0.25) is 0 Å². The van der Waals surface area contributed by atoms with Crippen molar-refractivity contribution >= 4 is 17.2 Å². The van der Waals surface area contributed by atoms with Crippen LogP contribution in [0.3, 0.4) is 0 Å². The van der Waals surface area contributed by atoms with Crippen LogP contribution in [0.25, 0.3) is 0 Å². The molecule has 3 aliphatic rings. The highest BCUT2D eigenvalue weighted by molar-refractivity contribution is 7.10. The summed E-state index contributed by atoms with van der Waals surface area (Å²) in [4.78, 5) is 16.4. The molecule has 2 heterocycles. The SMILES string of the molecule is CC1CCc2c(C(=O)N3CC4CCC(N)C4C3)csc2C1. The van der Waals surface area contributed by atoms with E-state index in [1.165, 1.54) is 23.3 Å². The Balaban J connectivity index is 1.54. The number of amides is 1. The average Bonchev–Trinajstić information content (AvgIpc) is 3.14. The van der Waals surface area contributed by atoms with Gasteiger partial charge in [-0.3, -0.25) is 4.79 Å². The molecule has 0 spiro atoms. The predicted molar refractivity (Wildman–Crippen MR) is 85.6 cm³/mol. The standard InChI is InChI=1S/C17H24N2OS/c1-10-2-4-12-14(9-21-16(12)6-10)17(20)19-7-11-3-5-15(18)13(11)8-19/h9-11,13,15H,2-8,18H2,1H3. The summed E-state index contributed by atoms with van der Waals surface area (Å²) in [6, 6.07) is 0.310. The summed E-state index contributed by atoms with van der Waals surface area (Å²) in [5.41, 5.74) is 8.54. The zero-order valence-corrected chi connectivity index (χ0v) is 13.5. The van der Waals surface area contributed by atoms with Crippen LogP contribution in [0.1, 0.15) is 47.0 Å². The second-order valence-electron chi connectivity index (χ2n) is 7.27. The first-order valence-corrected chi connectivity index (χ1v) is 9.15. The molecule has 3 nitrogen and oxygen atoms in total. The fraction of sp³-hybridized carbons (Fsp3) is 0.706. The lowest BCUT2D eigenvalue weighted by Gasteiger charge is -2.22. The van der Waals surface area contributed by atoms with Gasteiger partial charge in [0.25, 0.3) is 5.91 Å². The minimum Gasteiger partial charge on any atom is -0.338 e. The quantitative estimate of drug-likeness (QED) is 0.867. The zero-order valence-electron chi connectivity index (χ0n) is 12.7. The summed E-state index contributed by atoms with van der Waals surface area (Å²) in [5.74, 6) is 2.23. The van der Waals surface area contributed by atoms with Gasteiger partial charge >= 0.3 is 0 Å². The van der Waals surface area contributed by atoms with Crippen LogP contribution >= 0.6 is 11.3 Å². The highest BCUT2D eigenvalue weighted by Crippen LogP contribution is 2.39. The van der Waals surface area contributed by atoms with Gasteiger partial charge < -0.3 is 10.6 Å². The highest BCUT2D eigenvalue weighted by Gasteiger charge is 2.43. The number of carbonyl (C=O) groups excluding carboxylic acids is 1. The molecular formula is C17H24N2OS. The van der Waals surface area contributed by atoms with E-state index < -0.39 is 0 Å². The Labute approximate surface area is 130 Å². The van der Waals surface area contributed by atoms with Crippen LogP contribution in [0.4, 0.5) is 0 Å². The third-order valence-electron chi connectivity index (χ3n) is 5.83. The number of likely N-dealkylation sites (tertiary alicyclic amines) is 1. The lowest BCUT2D eigenvalue weighted by Crippen LogP contribution is -2.33. The van der Waals surface area contributed by atoms with Gasteiger partial charge in [-0.15, -0.1) is 11.3 Å². The molecule has 1 aliphatic heterocycles. The van der Waals surface area contributed by atoms with Crippen LogP contribution in [0, 0.1) is 17.8 Å². The van der Waals surface area contributed by atoms with Crippen molar-refractivity contribution in [1.29, 1.82) is 0 Å². The lowest BCUT2D eigenvalue weighted by molar-refractivity contribution is 0.0778. The average molecular weight is 304 g/mol. The number of nitrogens with zero attached hydrogens (tertiary/aromatic N) is 1. The van der Waals surface area contributed by atoms with Crippen molar-refractivity contribution in [2.45, 2.75) is 45.1 Å². The minimum absolute atomic E-state index is 0.267. The van der Waals surface area contributed by atoms with E-state index in [1.807, 2.05) is 0 Å². The van der Waals surface area contributed by atoms with Crippen LogP contribution in [-0.2, 0) is 12.8 Å². The normalized spacial score (nSPS) is 34.9. The Hall–Kier alpha value is -0.870. The largest absolute Gasteiger partial charge is 0.338 e. The van der Waals surface area contributed by atoms with Crippen LogP contribution < -0.4 is 5.73 Å². The molecular weight excluding hydrogens is 280 g/mol. The Morgan fingerprint density at radius 1 is 1.33 bits per heavy atom. The zero-order chi connectivity index (χ0) is 14.6. The van der Waals surface area contributed by atoms with E-state index in [4.69, 9.17) is 5.73 Å². The summed E-state index contributed by atoms with van der Waals surface area (Å²) in [7, 11) is 0. The van der Waals surface area contributed by atoms with Crippen LogP contribution in [0.5, 0.6) is 0 Å². The molecule has 114 valence electrons. The fourth-order valence-electron chi connectivity index (χ4n) is 4.50. The summed E-state index contributed by atoms with van der Waals surface area (Å²) >= 11 is 1.79. The predicted octanol–water partition coefficient (Wildman–Crippen LogP) is 2.68. The molecule has 1 saturated heterocycles. The Bertz CT molecular complexity index is 567. The van der Waals surface area contributed by atoms with Crippen molar-refractivity contribution in [3.8, 4) is 0 Å². The topological polar surface area (TPSA) is 46.3 Å². The second-order valence-corrected chi connectivity index (χ2v) is 8.24. The number of hydrogen-bond acceptors (Lipinski definition) is 3. The Morgan fingerprint density at radius 3 is 3.00 bits per heavy atom. The first-order valence-electron chi connectivity index (χ1n) is 8.27. The maximum absolute atomic E-state index is 12.9. The molecule has 0 aromatic carbocycles. The first-order chi connectivity index (χ1) is 10.1. The molecule has 4 atom stereocenters. The summed E-state index contributed by atoms with van der Waals surface area (Å²) in [6.45, 7) is 4.12. The number of hydrogen-bond donors (Lipinski definition) is 1. The van der Waals surface area contributed by atoms with E-state index in [1.54, 1.807) is 11.3 Å². The van der Waals surface area contributed by atoms with Gasteiger partial charge in [-0.2, -0.15) is 0 Å². The first kappa shape index (κ1) is 13.8. The van der Waals surface area contributed by atoms with E-state index in [0.29, 0.717) is 17.9 Å². The van der Waals surface area contributed by atoms with Gasteiger partial charge in [-0.1, -0.05) is 6.92 Å². The number of fused-ring (bicyclic) bond motifs is 2. The van der Waals surface area contributed by atoms with Crippen molar-refractivity contribution in [1.82, 2.24) is 4.90 Å². The molecule has 1 aromatic heterocycles. The second kappa shape index (κ2) is 5.10. The third kappa shape index (κ3) is 2.23. The van der Waals surface area contributed by atoms with Gasteiger partial charge in [0.05, 0.1) is 5.56 Å². The molecule has 4 heteroatoms. The maximum Gasteiger partial charge on any atom is 0.255 e. The smallest absolute Gasteiger partial charge is 0.255 e. The van der Waals surface area contributed by atoms with E-state index in [0.717, 1.165) is 43.8 Å². The molecule has 1 aromatic rings. The van der Waals surface area contributed by atoms with Gasteiger partial charge in [0, 0.05) is 29.4 Å². The van der Waals surface area contributed by atoms with Crippen molar-refractivity contribution in [2.75, 3.05) is 13.1 Å². The number of rotatable bonds is 1. The maximum atomic E-state index is 12.9. The van der Waals surface area contributed by atoms with Crippen molar-refractivity contribution in [3.63, 3.8) is 0 Å². The van der Waals surface area contributed by atoms with Crippen LogP contribution in [-0.4, -0.2) is 29.9 Å². The third-order valence-corrected chi connectivity index (χ3v) is 6.88. The molecule has 2 aliphatic carbocycles.